The van der Waals surface area contributed by atoms with Gasteiger partial charge in [0, 0.05) is 26.2 Å². The van der Waals surface area contributed by atoms with E-state index in [-0.39, 0.29) is 23.9 Å². The fraction of sp³-hybridized carbons (Fsp3) is 0.562. The maximum Gasteiger partial charge on any atom is 0.243 e. The molecule has 1 aromatic rings. The van der Waals surface area contributed by atoms with Crippen molar-refractivity contribution in [3.8, 4) is 0 Å². The minimum Gasteiger partial charge on any atom is -0.378 e. The van der Waals surface area contributed by atoms with E-state index in [0.29, 0.717) is 45.2 Å². The molecule has 6 nitrogen and oxygen atoms in total. The third-order valence-corrected chi connectivity index (χ3v) is 6.45. The Morgan fingerprint density at radius 3 is 2.52 bits per heavy atom. The lowest BCUT2D eigenvalue weighted by Crippen LogP contribution is -2.49. The predicted molar refractivity (Wildman–Crippen MR) is 85.2 cm³/mol. The molecule has 1 aromatic carbocycles. The SMILES string of the molecule is O=C(C1CCCN(S(=O)(=O)c2ccc(F)c(F)c2)C1)N1CCOCC1. The molecule has 25 heavy (non-hydrogen) atoms. The molecule has 0 radical (unpaired) electrons. The maximum absolute atomic E-state index is 13.4. The van der Waals surface area contributed by atoms with Crippen LogP contribution in [0.2, 0.25) is 0 Å². The molecule has 2 heterocycles. The lowest BCUT2D eigenvalue weighted by atomic mass is 9.98. The first-order chi connectivity index (χ1) is 11.9. The van der Waals surface area contributed by atoms with Gasteiger partial charge in [-0.3, -0.25) is 4.79 Å². The first-order valence-corrected chi connectivity index (χ1v) is 9.65. The predicted octanol–water partition coefficient (Wildman–Crippen LogP) is 1.22. The monoisotopic (exact) mass is 374 g/mol. The van der Waals surface area contributed by atoms with E-state index in [1.54, 1.807) is 4.90 Å². The fourth-order valence-corrected chi connectivity index (χ4v) is 4.73. The summed E-state index contributed by atoms with van der Waals surface area (Å²) in [6, 6.07) is 2.52. The minimum absolute atomic E-state index is 0.0531. The molecule has 138 valence electrons. The van der Waals surface area contributed by atoms with Crippen LogP contribution < -0.4 is 0 Å². The number of morpholine rings is 1. The molecule has 2 fully saturated rings. The number of rotatable bonds is 3. The van der Waals surface area contributed by atoms with E-state index in [1.807, 2.05) is 0 Å². The number of nitrogens with zero attached hydrogens (tertiary/aromatic N) is 2. The van der Waals surface area contributed by atoms with Crippen LogP contribution in [0.25, 0.3) is 0 Å². The van der Waals surface area contributed by atoms with Crippen molar-refractivity contribution in [2.75, 3.05) is 39.4 Å². The Morgan fingerprint density at radius 1 is 1.12 bits per heavy atom. The summed E-state index contributed by atoms with van der Waals surface area (Å²) in [4.78, 5) is 14.0. The number of carbonyl (C=O) groups is 1. The summed E-state index contributed by atoms with van der Waals surface area (Å²) in [6.07, 6.45) is 1.16. The van der Waals surface area contributed by atoms with Gasteiger partial charge < -0.3 is 9.64 Å². The van der Waals surface area contributed by atoms with Gasteiger partial charge in [0.15, 0.2) is 11.6 Å². The molecular weight excluding hydrogens is 354 g/mol. The summed E-state index contributed by atoms with van der Waals surface area (Å²) < 4.78 is 58.2. The van der Waals surface area contributed by atoms with Crippen LogP contribution in [0, 0.1) is 17.6 Å². The molecule has 0 saturated carbocycles. The summed E-state index contributed by atoms with van der Waals surface area (Å²) >= 11 is 0. The van der Waals surface area contributed by atoms with E-state index in [1.165, 1.54) is 4.31 Å². The van der Waals surface area contributed by atoms with Gasteiger partial charge in [-0.1, -0.05) is 0 Å². The van der Waals surface area contributed by atoms with Gasteiger partial charge in [-0.2, -0.15) is 4.31 Å². The first-order valence-electron chi connectivity index (χ1n) is 8.21. The van der Waals surface area contributed by atoms with Crippen LogP contribution in [0.4, 0.5) is 8.78 Å². The van der Waals surface area contributed by atoms with Crippen LogP contribution in [0.15, 0.2) is 23.1 Å². The number of carbonyl (C=O) groups excluding carboxylic acids is 1. The first kappa shape index (κ1) is 18.2. The zero-order valence-electron chi connectivity index (χ0n) is 13.7. The highest BCUT2D eigenvalue weighted by Gasteiger charge is 2.35. The lowest BCUT2D eigenvalue weighted by molar-refractivity contribution is -0.140. The number of halogens is 2. The molecule has 1 amide bonds. The fourth-order valence-electron chi connectivity index (χ4n) is 3.19. The Labute approximate surface area is 145 Å². The number of piperidine rings is 1. The van der Waals surface area contributed by atoms with Crippen molar-refractivity contribution in [1.82, 2.24) is 9.21 Å². The second kappa shape index (κ2) is 7.35. The van der Waals surface area contributed by atoms with Gasteiger partial charge in [0.2, 0.25) is 15.9 Å². The van der Waals surface area contributed by atoms with Crippen LogP contribution in [0.3, 0.4) is 0 Å². The average Bonchev–Trinajstić information content (AvgIpc) is 2.64. The second-order valence-electron chi connectivity index (χ2n) is 6.22. The zero-order valence-corrected chi connectivity index (χ0v) is 14.5. The van der Waals surface area contributed by atoms with Crippen LogP contribution in [-0.2, 0) is 19.6 Å². The Balaban J connectivity index is 1.75. The highest BCUT2D eigenvalue weighted by molar-refractivity contribution is 7.89. The number of ether oxygens (including phenoxy) is 1. The van der Waals surface area contributed by atoms with E-state index < -0.39 is 27.6 Å². The largest absolute Gasteiger partial charge is 0.378 e. The van der Waals surface area contributed by atoms with E-state index in [0.717, 1.165) is 12.1 Å². The molecule has 2 aliphatic heterocycles. The summed E-state index contributed by atoms with van der Waals surface area (Å²) in [5.41, 5.74) is 0. The quantitative estimate of drug-likeness (QED) is 0.798. The van der Waals surface area contributed by atoms with Crippen LogP contribution in [0.5, 0.6) is 0 Å². The van der Waals surface area contributed by atoms with Gasteiger partial charge in [-0.15, -0.1) is 0 Å². The van der Waals surface area contributed by atoms with Crippen LogP contribution in [0.1, 0.15) is 12.8 Å². The molecule has 0 spiro atoms. The zero-order chi connectivity index (χ0) is 18.0. The molecular formula is C16H20F2N2O4S. The molecule has 0 bridgehead atoms. The summed E-state index contributed by atoms with van der Waals surface area (Å²) in [5.74, 6) is -2.81. The molecule has 0 aliphatic carbocycles. The highest BCUT2D eigenvalue weighted by Crippen LogP contribution is 2.26. The van der Waals surface area contributed by atoms with Gasteiger partial charge in [-0.25, -0.2) is 17.2 Å². The minimum atomic E-state index is -3.97. The highest BCUT2D eigenvalue weighted by atomic mass is 32.2. The van der Waals surface area contributed by atoms with Crippen LogP contribution >= 0.6 is 0 Å². The van der Waals surface area contributed by atoms with Crippen molar-refractivity contribution < 1.29 is 26.7 Å². The molecule has 2 saturated heterocycles. The third-order valence-electron chi connectivity index (χ3n) is 4.58. The molecule has 3 rings (SSSR count). The number of sulfonamides is 1. The normalized spacial score (nSPS) is 22.8. The van der Waals surface area contributed by atoms with Crippen molar-refractivity contribution in [3.05, 3.63) is 29.8 Å². The standard InChI is InChI=1S/C16H20F2N2O4S/c17-14-4-3-13(10-15(14)18)25(22,23)20-5-1-2-12(11-20)16(21)19-6-8-24-9-7-19/h3-4,10,12H,1-2,5-9,11H2. The van der Waals surface area contributed by atoms with E-state index in [2.05, 4.69) is 0 Å². The van der Waals surface area contributed by atoms with Crippen LogP contribution in [-0.4, -0.2) is 62.9 Å². The van der Waals surface area contributed by atoms with Gasteiger partial charge in [0.05, 0.1) is 24.0 Å². The smallest absolute Gasteiger partial charge is 0.243 e. The third kappa shape index (κ3) is 3.83. The van der Waals surface area contributed by atoms with Crippen molar-refractivity contribution in [3.63, 3.8) is 0 Å². The second-order valence-corrected chi connectivity index (χ2v) is 8.15. The number of amides is 1. The topological polar surface area (TPSA) is 66.9 Å². The Morgan fingerprint density at radius 2 is 1.84 bits per heavy atom. The van der Waals surface area contributed by atoms with Crippen molar-refractivity contribution in [1.29, 1.82) is 0 Å². The molecule has 1 atom stereocenters. The van der Waals surface area contributed by atoms with Gasteiger partial charge in [0.1, 0.15) is 0 Å². The van der Waals surface area contributed by atoms with Crippen molar-refractivity contribution in [2.24, 2.45) is 5.92 Å². The van der Waals surface area contributed by atoms with Crippen molar-refractivity contribution in [2.45, 2.75) is 17.7 Å². The lowest BCUT2D eigenvalue weighted by Gasteiger charge is -2.35. The maximum atomic E-state index is 13.4. The molecule has 1 unspecified atom stereocenters. The Kier molecular flexibility index (Phi) is 5.35. The van der Waals surface area contributed by atoms with E-state index in [9.17, 15) is 22.0 Å². The molecule has 9 heteroatoms. The van der Waals surface area contributed by atoms with Gasteiger partial charge in [-0.05, 0) is 31.0 Å². The number of hydrogen-bond donors (Lipinski definition) is 0. The average molecular weight is 374 g/mol. The Hall–Kier alpha value is -1.58. The van der Waals surface area contributed by atoms with Crippen molar-refractivity contribution >= 4 is 15.9 Å². The number of hydrogen-bond acceptors (Lipinski definition) is 4. The molecule has 0 aromatic heterocycles. The number of benzene rings is 1. The molecule has 2 aliphatic rings. The van der Waals surface area contributed by atoms with E-state index in [4.69, 9.17) is 4.74 Å². The van der Waals surface area contributed by atoms with Gasteiger partial charge >= 0.3 is 0 Å². The van der Waals surface area contributed by atoms with E-state index >= 15 is 0 Å². The summed E-state index contributed by atoms with van der Waals surface area (Å²) in [6.45, 7) is 2.28. The Bertz CT molecular complexity index is 751. The molecule has 0 N–H and O–H groups in total. The summed E-state index contributed by atoms with van der Waals surface area (Å²) in [5, 5.41) is 0. The summed E-state index contributed by atoms with van der Waals surface area (Å²) in [7, 11) is -3.97. The van der Waals surface area contributed by atoms with Gasteiger partial charge in [0.25, 0.3) is 0 Å².